The van der Waals surface area contributed by atoms with Gasteiger partial charge in [-0.1, -0.05) is 38.5 Å². The summed E-state index contributed by atoms with van der Waals surface area (Å²) in [6.07, 6.45) is 9.00. The summed E-state index contributed by atoms with van der Waals surface area (Å²) < 4.78 is 1.22. The van der Waals surface area contributed by atoms with Crippen molar-refractivity contribution in [2.45, 2.75) is 42.2 Å². The van der Waals surface area contributed by atoms with Gasteiger partial charge in [0.2, 0.25) is 0 Å². The van der Waals surface area contributed by atoms with Crippen LogP contribution in [0, 0.1) is 0 Å². The molecule has 0 aliphatic heterocycles. The van der Waals surface area contributed by atoms with Gasteiger partial charge in [-0.3, -0.25) is 0 Å². The Morgan fingerprint density at radius 3 is 1.20 bits per heavy atom. The van der Waals surface area contributed by atoms with Crippen molar-refractivity contribution in [2.24, 2.45) is 0 Å². The summed E-state index contributed by atoms with van der Waals surface area (Å²) in [6.45, 7) is 0. The molecule has 0 aromatic rings. The monoisotopic (exact) mass is 170 g/mol. The third-order valence-electron chi connectivity index (χ3n) is 1.69. The van der Waals surface area contributed by atoms with Crippen molar-refractivity contribution < 1.29 is 0 Å². The SMILES string of the molecule is C1CCCCC1.[Na][CH2]CCl. The number of hydrogen-bond donors (Lipinski definition) is 0. The van der Waals surface area contributed by atoms with Gasteiger partial charge in [-0.2, -0.15) is 0 Å². The van der Waals surface area contributed by atoms with E-state index in [-0.39, 0.29) is 0 Å². The minimum atomic E-state index is 0.853. The van der Waals surface area contributed by atoms with Gasteiger partial charge in [0, 0.05) is 0 Å². The van der Waals surface area contributed by atoms with Crippen LogP contribution in [0.15, 0.2) is 0 Å². The second kappa shape index (κ2) is 10.3. The van der Waals surface area contributed by atoms with Crippen LogP contribution in [0.4, 0.5) is 0 Å². The molecule has 0 aromatic heterocycles. The quantitative estimate of drug-likeness (QED) is 0.419. The van der Waals surface area contributed by atoms with E-state index in [1.54, 1.807) is 0 Å². The zero-order valence-electron chi connectivity index (χ0n) is 7.03. The predicted octanol–water partition coefficient (Wildman–Crippen LogP) is 3.15. The first-order valence-electron chi connectivity index (χ1n) is 4.47. The molecule has 1 fully saturated rings. The van der Waals surface area contributed by atoms with Crippen LogP contribution in [-0.2, 0) is 0 Å². The first-order valence-corrected chi connectivity index (χ1v) is 6.42. The molecule has 1 saturated carbocycles. The van der Waals surface area contributed by atoms with E-state index in [0.29, 0.717) is 0 Å². The summed E-state index contributed by atoms with van der Waals surface area (Å²) in [5, 5.41) is 0. The van der Waals surface area contributed by atoms with Crippen molar-refractivity contribution in [2.75, 3.05) is 5.88 Å². The fourth-order valence-corrected chi connectivity index (χ4v) is 1.06. The van der Waals surface area contributed by atoms with Crippen LogP contribution in [0.3, 0.4) is 0 Å². The third kappa shape index (κ3) is 9.29. The van der Waals surface area contributed by atoms with Crippen LogP contribution in [0.25, 0.3) is 0 Å². The Kier molecular flexibility index (Phi) is 11.6. The van der Waals surface area contributed by atoms with Crippen LogP contribution >= 0.6 is 11.6 Å². The fraction of sp³-hybridized carbons (Fsp3) is 1.00. The van der Waals surface area contributed by atoms with Gasteiger partial charge in [0.15, 0.2) is 0 Å². The van der Waals surface area contributed by atoms with Crippen LogP contribution in [0.5, 0.6) is 0 Å². The molecule has 0 bridgehead atoms. The Bertz CT molecular complexity index is 39.7. The van der Waals surface area contributed by atoms with E-state index in [2.05, 4.69) is 0 Å². The maximum absolute atomic E-state index is 5.22. The van der Waals surface area contributed by atoms with Crippen molar-refractivity contribution in [3.05, 3.63) is 0 Å². The Hall–Kier alpha value is 1.29. The van der Waals surface area contributed by atoms with E-state index in [4.69, 9.17) is 11.6 Å². The van der Waals surface area contributed by atoms with Crippen LogP contribution in [0.2, 0.25) is 3.67 Å². The van der Waals surface area contributed by atoms with Gasteiger partial charge in [-0.25, -0.2) is 0 Å². The van der Waals surface area contributed by atoms with Crippen molar-refractivity contribution in [3.8, 4) is 0 Å². The van der Waals surface area contributed by atoms with Crippen molar-refractivity contribution >= 4 is 39.5 Å². The van der Waals surface area contributed by atoms with Gasteiger partial charge < -0.3 is 0 Å². The molecule has 0 aromatic carbocycles. The van der Waals surface area contributed by atoms with Crippen LogP contribution in [0.1, 0.15) is 38.5 Å². The van der Waals surface area contributed by atoms with Crippen LogP contribution in [-0.4, -0.2) is 33.8 Å². The summed E-state index contributed by atoms with van der Waals surface area (Å²) in [6, 6.07) is 0. The maximum atomic E-state index is 5.22. The molecule has 1 rings (SSSR count). The molecule has 0 saturated heterocycles. The second-order valence-electron chi connectivity index (χ2n) is 2.81. The molecular weight excluding hydrogens is 155 g/mol. The van der Waals surface area contributed by atoms with E-state index in [1.807, 2.05) is 0 Å². The molecular formula is C8H16ClNa. The fourth-order valence-electron chi connectivity index (χ4n) is 1.06. The molecule has 0 unspecified atom stereocenters. The summed E-state index contributed by atoms with van der Waals surface area (Å²) in [5.74, 6) is 0.853. The van der Waals surface area contributed by atoms with E-state index >= 15 is 0 Å². The zero-order chi connectivity index (χ0) is 7.66. The summed E-state index contributed by atoms with van der Waals surface area (Å²) in [7, 11) is 0. The Labute approximate surface area is 87.1 Å². The Morgan fingerprint density at radius 2 is 1.10 bits per heavy atom. The van der Waals surface area contributed by atoms with E-state index < -0.39 is 0 Å². The number of halogens is 1. The van der Waals surface area contributed by atoms with Crippen molar-refractivity contribution in [1.29, 1.82) is 0 Å². The molecule has 0 spiro atoms. The van der Waals surface area contributed by atoms with E-state index in [0.717, 1.165) is 5.88 Å². The van der Waals surface area contributed by atoms with E-state index in [1.165, 1.54) is 70.1 Å². The molecule has 0 N–H and O–H groups in total. The van der Waals surface area contributed by atoms with Crippen LogP contribution < -0.4 is 0 Å². The molecule has 0 nitrogen and oxygen atoms in total. The number of alkyl halides is 1. The van der Waals surface area contributed by atoms with E-state index in [9.17, 15) is 0 Å². The van der Waals surface area contributed by atoms with Gasteiger partial charge >= 0.3 is 49.1 Å². The van der Waals surface area contributed by atoms with Gasteiger partial charge in [0.25, 0.3) is 0 Å². The molecule has 0 radical (unpaired) electrons. The molecule has 0 amide bonds. The van der Waals surface area contributed by atoms with Crippen molar-refractivity contribution in [3.63, 3.8) is 0 Å². The predicted molar refractivity (Wildman–Crippen MR) is 49.0 cm³/mol. The number of rotatable bonds is 1. The third-order valence-corrected chi connectivity index (χ3v) is 3.20. The van der Waals surface area contributed by atoms with Crippen molar-refractivity contribution in [1.82, 2.24) is 0 Å². The minimum absolute atomic E-state index is 0.853. The normalized spacial score (nSPS) is 17.5. The topological polar surface area (TPSA) is 0 Å². The molecule has 1 aliphatic carbocycles. The molecule has 0 atom stereocenters. The van der Waals surface area contributed by atoms with Gasteiger partial charge in [-0.05, 0) is 0 Å². The molecule has 56 valence electrons. The average molecular weight is 171 g/mol. The first kappa shape index (κ1) is 11.3. The number of hydrogen-bond acceptors (Lipinski definition) is 0. The molecule has 2 heteroatoms. The standard InChI is InChI=1S/C6H12.C2H4Cl.Na/c1-2-4-6-5-3-1;1-2-3;/h1-6H2;1-2H2;. The second-order valence-corrected chi connectivity index (χ2v) is 4.19. The van der Waals surface area contributed by atoms with Gasteiger partial charge in [-0.15, -0.1) is 0 Å². The summed E-state index contributed by atoms with van der Waals surface area (Å²) >= 11 is 6.48. The summed E-state index contributed by atoms with van der Waals surface area (Å²) in [4.78, 5) is 0. The zero-order valence-corrected chi connectivity index (χ0v) is 9.79. The molecule has 1 aliphatic rings. The first-order chi connectivity index (χ1) is 4.91. The Balaban J connectivity index is 0.000000180. The van der Waals surface area contributed by atoms with Gasteiger partial charge in [0.05, 0.1) is 0 Å². The van der Waals surface area contributed by atoms with Gasteiger partial charge in [0.1, 0.15) is 0 Å². The Morgan fingerprint density at radius 1 is 0.900 bits per heavy atom. The molecule has 10 heavy (non-hydrogen) atoms. The molecule has 0 heterocycles. The average Bonchev–Trinajstić information content (AvgIpc) is 2.08. The summed E-state index contributed by atoms with van der Waals surface area (Å²) in [5.41, 5.74) is 0.